The van der Waals surface area contributed by atoms with Crippen molar-refractivity contribution in [3.63, 3.8) is 0 Å². The fraction of sp³-hybridized carbons (Fsp3) is 0.826. The van der Waals surface area contributed by atoms with Gasteiger partial charge in [-0.05, 0) is 137 Å². The molecule has 0 aliphatic heterocycles. The van der Waals surface area contributed by atoms with E-state index in [4.69, 9.17) is 9.47 Å². The van der Waals surface area contributed by atoms with Crippen LogP contribution in [0.1, 0.15) is 172 Å². The Balaban J connectivity index is 0.000000413. The van der Waals surface area contributed by atoms with Crippen LogP contribution in [0.3, 0.4) is 0 Å². The van der Waals surface area contributed by atoms with E-state index in [0.29, 0.717) is 35.0 Å². The van der Waals surface area contributed by atoms with Gasteiger partial charge < -0.3 is 16.4 Å². The molecule has 4 rings (SSSR count). The predicted molar refractivity (Wildman–Crippen MR) is 210 cm³/mol. The Morgan fingerprint density at radius 3 is 2.34 bits per heavy atom. The molecule has 0 heterocycles. The fourth-order valence-electron chi connectivity index (χ4n) is 9.81. The molecule has 4 aliphatic carbocycles. The van der Waals surface area contributed by atoms with E-state index in [0.717, 1.165) is 48.2 Å². The summed E-state index contributed by atoms with van der Waals surface area (Å²) in [5.41, 5.74) is 4.71. The number of allylic oxidation sites excluding steroid dienone is 3. The Morgan fingerprint density at radius 1 is 0.980 bits per heavy atom. The van der Waals surface area contributed by atoms with Crippen molar-refractivity contribution in [2.75, 3.05) is 13.2 Å². The summed E-state index contributed by atoms with van der Waals surface area (Å²) >= 11 is 0. The van der Waals surface area contributed by atoms with Gasteiger partial charge in [0, 0.05) is 44.9 Å². The summed E-state index contributed by atoms with van der Waals surface area (Å²) in [4.78, 5) is 11.5. The van der Waals surface area contributed by atoms with Gasteiger partial charge in [-0.3, -0.25) is 0 Å². The smallest absolute Gasteiger partial charge is 0.333 e. The zero-order valence-electron chi connectivity index (χ0n) is 34.8. The van der Waals surface area contributed by atoms with E-state index in [1.165, 1.54) is 89.9 Å². The molecular formula is C46H79O3Y-. The minimum atomic E-state index is -0.225. The second kappa shape index (κ2) is 21.0. The Morgan fingerprint density at radius 2 is 1.70 bits per heavy atom. The van der Waals surface area contributed by atoms with E-state index in [2.05, 4.69) is 74.5 Å². The van der Waals surface area contributed by atoms with E-state index in [-0.39, 0.29) is 44.1 Å². The number of rotatable bonds is 15. The molecule has 285 valence electrons. The van der Waals surface area contributed by atoms with E-state index >= 15 is 0 Å². The number of carbonyl (C=O) groups is 1. The molecule has 0 aromatic heterocycles. The average Bonchev–Trinajstić information content (AvgIpc) is 3.39. The van der Waals surface area contributed by atoms with Crippen LogP contribution in [-0.2, 0) is 47.0 Å². The van der Waals surface area contributed by atoms with Crippen molar-refractivity contribution >= 4 is 5.97 Å². The minimum Gasteiger partial charge on any atom is -0.458 e. The molecule has 0 N–H and O–H groups in total. The van der Waals surface area contributed by atoms with Gasteiger partial charge in [0.05, 0.1) is 6.10 Å². The first-order valence-electron chi connectivity index (χ1n) is 20.7. The van der Waals surface area contributed by atoms with Crippen molar-refractivity contribution in [1.29, 1.82) is 0 Å². The summed E-state index contributed by atoms with van der Waals surface area (Å²) in [5.74, 6) is 5.09. The first-order chi connectivity index (χ1) is 23.1. The van der Waals surface area contributed by atoms with Crippen LogP contribution >= 0.6 is 0 Å². The number of hydrogen-bond acceptors (Lipinski definition) is 3. The molecule has 0 aromatic rings. The fourth-order valence-corrected chi connectivity index (χ4v) is 9.81. The van der Waals surface area contributed by atoms with Crippen LogP contribution in [-0.4, -0.2) is 25.3 Å². The van der Waals surface area contributed by atoms with Crippen molar-refractivity contribution in [2.24, 2.45) is 51.8 Å². The molecule has 1 radical (unpaired) electrons. The van der Waals surface area contributed by atoms with Crippen molar-refractivity contribution in [2.45, 2.75) is 179 Å². The van der Waals surface area contributed by atoms with Crippen molar-refractivity contribution in [1.82, 2.24) is 0 Å². The number of fused-ring (bicyclic) bond motifs is 5. The summed E-state index contributed by atoms with van der Waals surface area (Å²) < 4.78 is 11.5. The van der Waals surface area contributed by atoms with Gasteiger partial charge >= 0.3 is 5.97 Å². The van der Waals surface area contributed by atoms with Crippen molar-refractivity contribution in [3.05, 3.63) is 41.9 Å². The van der Waals surface area contributed by atoms with Gasteiger partial charge in [0.1, 0.15) is 6.61 Å². The molecule has 0 aromatic carbocycles. The van der Waals surface area contributed by atoms with E-state index < -0.39 is 0 Å². The van der Waals surface area contributed by atoms with Crippen LogP contribution in [0.2, 0.25) is 0 Å². The van der Waals surface area contributed by atoms with Crippen LogP contribution in [0.25, 0.3) is 0 Å². The predicted octanol–water partition coefficient (Wildman–Crippen LogP) is 13.3. The van der Waals surface area contributed by atoms with Gasteiger partial charge in [-0.1, -0.05) is 110 Å². The Bertz CT molecular complexity index is 1130. The standard InChI is InChI=1S/C31H53O.C15H26O2.Y/c1-6-7-10-21-32-26-17-19-31(5)25(22-26)13-15-27-28-16-14-24(12-9-8-11-23(2)3)30(28,4)20-18-29(27)31;1-11(2)13(5)14(16)17-10-8-9-15(6,7)12(3)4;/h13,23-24,26-29H,1,6-12,14-22H2,2-5H3;8-9,12H,10H2,1-7H3;/q-1;;/b;9-8-;. The second-order valence-electron chi connectivity index (χ2n) is 18.7. The molecule has 0 bridgehead atoms. The van der Waals surface area contributed by atoms with Gasteiger partial charge in [0.15, 0.2) is 0 Å². The zero-order valence-corrected chi connectivity index (χ0v) is 37.6. The van der Waals surface area contributed by atoms with E-state index in [1.807, 2.05) is 19.9 Å². The van der Waals surface area contributed by atoms with Crippen LogP contribution in [0.5, 0.6) is 0 Å². The summed E-state index contributed by atoms with van der Waals surface area (Å²) in [6.07, 6.45) is 27.7. The van der Waals surface area contributed by atoms with Gasteiger partial charge in [-0.25, -0.2) is 4.79 Å². The van der Waals surface area contributed by atoms with Crippen LogP contribution in [0, 0.1) is 58.7 Å². The number of hydrogen-bond donors (Lipinski definition) is 0. The first kappa shape index (κ1) is 45.9. The van der Waals surface area contributed by atoms with Crippen molar-refractivity contribution in [3.8, 4) is 0 Å². The Kier molecular flexibility index (Phi) is 19.3. The molecule has 7 atom stereocenters. The summed E-state index contributed by atoms with van der Waals surface area (Å²) in [6, 6.07) is 0. The molecule has 50 heavy (non-hydrogen) atoms. The molecule has 3 saturated carbocycles. The summed E-state index contributed by atoms with van der Waals surface area (Å²) in [7, 11) is 0. The molecule has 0 saturated heterocycles. The monoisotopic (exact) mass is 769 g/mol. The maximum absolute atomic E-state index is 11.5. The maximum Gasteiger partial charge on any atom is 0.333 e. The molecule has 3 nitrogen and oxygen atoms in total. The first-order valence-corrected chi connectivity index (χ1v) is 20.7. The number of unbranched alkanes of at least 4 members (excludes halogenated alkanes) is 3. The average molecular weight is 769 g/mol. The van der Waals surface area contributed by atoms with Crippen LogP contribution in [0.15, 0.2) is 34.9 Å². The topological polar surface area (TPSA) is 35.5 Å². The third kappa shape index (κ3) is 12.1. The molecule has 0 amide bonds. The number of ether oxygens (including phenoxy) is 2. The molecular weight excluding hydrogens is 689 g/mol. The molecule has 0 spiro atoms. The van der Waals surface area contributed by atoms with Gasteiger partial charge in [-0.2, -0.15) is 6.42 Å². The van der Waals surface area contributed by atoms with Gasteiger partial charge in [-0.15, -0.1) is 0 Å². The minimum absolute atomic E-state index is 0. The van der Waals surface area contributed by atoms with Crippen LogP contribution in [0.4, 0.5) is 0 Å². The molecule has 4 aliphatic rings. The SMILES string of the molecule is CC(C)=C(C)C(=O)OC/C=C\C(C)(C)C(C)C.[CH2-]CCCCOC1CCC2(C)C(=CCC3C2CCC2(C)C(CCCCC(C)C)CCC32)C1.[Y]. The van der Waals surface area contributed by atoms with Crippen molar-refractivity contribution < 1.29 is 47.0 Å². The molecule has 4 heteroatoms. The largest absolute Gasteiger partial charge is 0.458 e. The normalized spacial score (nSPS) is 30.4. The van der Waals surface area contributed by atoms with E-state index in [1.54, 1.807) is 12.5 Å². The summed E-state index contributed by atoms with van der Waals surface area (Å²) in [6.45, 7) is 29.7. The van der Waals surface area contributed by atoms with Gasteiger partial charge in [0.2, 0.25) is 0 Å². The third-order valence-corrected chi connectivity index (χ3v) is 14.2. The Hall–Kier alpha value is -0.246. The molecule has 3 fully saturated rings. The Labute approximate surface area is 336 Å². The van der Waals surface area contributed by atoms with Gasteiger partial charge in [0.25, 0.3) is 0 Å². The maximum atomic E-state index is 11.5. The summed E-state index contributed by atoms with van der Waals surface area (Å²) in [5, 5.41) is 0. The molecule has 7 unspecified atom stereocenters. The number of esters is 1. The number of carbonyl (C=O) groups excluding carboxylic acids is 1. The van der Waals surface area contributed by atoms with Crippen LogP contribution < -0.4 is 0 Å². The van der Waals surface area contributed by atoms with E-state index in [9.17, 15) is 4.79 Å². The zero-order chi connectivity index (χ0) is 36.4. The third-order valence-electron chi connectivity index (χ3n) is 14.2. The quantitative estimate of drug-likeness (QED) is 0.0547. The second-order valence-corrected chi connectivity index (χ2v) is 18.7.